The third-order valence-electron chi connectivity index (χ3n) is 2.97. The predicted molar refractivity (Wildman–Crippen MR) is 75.1 cm³/mol. The van der Waals surface area contributed by atoms with Gasteiger partial charge in [-0.15, -0.1) is 0 Å². The fraction of sp³-hybridized carbons (Fsp3) is 0.267. The molecule has 2 amide bonds. The Labute approximate surface area is 117 Å². The molecule has 2 atom stereocenters. The summed E-state index contributed by atoms with van der Waals surface area (Å²) in [5.74, 6) is 0.432. The first-order chi connectivity index (χ1) is 9.66. The van der Waals surface area contributed by atoms with Crippen LogP contribution in [0.4, 0.5) is 4.79 Å². The molecule has 0 aliphatic carbocycles. The van der Waals surface area contributed by atoms with Crippen LogP contribution < -0.4 is 10.6 Å². The minimum atomic E-state index is -0.845. The molecule has 0 saturated heterocycles. The molecule has 106 valence electrons. The molecule has 5 nitrogen and oxygen atoms in total. The molecule has 3 N–H and O–H groups in total. The summed E-state index contributed by atoms with van der Waals surface area (Å²) in [6, 6.07) is 12.6. The van der Waals surface area contributed by atoms with E-state index >= 15 is 0 Å². The summed E-state index contributed by atoms with van der Waals surface area (Å²) in [4.78, 5) is 11.7. The summed E-state index contributed by atoms with van der Waals surface area (Å²) in [6.07, 6.45) is 0.638. The van der Waals surface area contributed by atoms with Gasteiger partial charge in [-0.3, -0.25) is 0 Å². The number of aliphatic hydroxyl groups is 1. The lowest BCUT2D eigenvalue weighted by Crippen LogP contribution is -2.39. The molecule has 0 bridgehead atoms. The fourth-order valence-corrected chi connectivity index (χ4v) is 1.84. The molecular weight excluding hydrogens is 256 g/mol. The van der Waals surface area contributed by atoms with Gasteiger partial charge in [-0.05, 0) is 24.6 Å². The van der Waals surface area contributed by atoms with Gasteiger partial charge in [-0.1, -0.05) is 30.3 Å². The average molecular weight is 274 g/mol. The molecule has 2 rings (SSSR count). The highest BCUT2D eigenvalue weighted by atomic mass is 16.4. The molecular formula is C15H18N2O3. The van der Waals surface area contributed by atoms with Crippen molar-refractivity contribution in [2.45, 2.75) is 19.1 Å². The lowest BCUT2D eigenvalue weighted by atomic mass is 10.1. The van der Waals surface area contributed by atoms with Crippen LogP contribution >= 0.6 is 0 Å². The zero-order valence-electron chi connectivity index (χ0n) is 11.2. The van der Waals surface area contributed by atoms with E-state index in [1.54, 1.807) is 12.1 Å². The summed E-state index contributed by atoms with van der Waals surface area (Å²) in [5.41, 5.74) is 1.02. The van der Waals surface area contributed by atoms with E-state index in [2.05, 4.69) is 10.6 Å². The van der Waals surface area contributed by atoms with Gasteiger partial charge in [-0.25, -0.2) is 4.79 Å². The van der Waals surface area contributed by atoms with Crippen molar-refractivity contribution in [3.05, 3.63) is 60.1 Å². The monoisotopic (exact) mass is 274 g/mol. The third kappa shape index (κ3) is 3.86. The fourth-order valence-electron chi connectivity index (χ4n) is 1.84. The Hall–Kier alpha value is -2.27. The predicted octanol–water partition coefficient (Wildman–Crippen LogP) is 2.37. The van der Waals surface area contributed by atoms with E-state index in [1.807, 2.05) is 37.3 Å². The first kappa shape index (κ1) is 14.1. The molecule has 0 fully saturated rings. The van der Waals surface area contributed by atoms with Crippen molar-refractivity contribution in [2.75, 3.05) is 6.54 Å². The van der Waals surface area contributed by atoms with Crippen LogP contribution in [0.25, 0.3) is 0 Å². The first-order valence-corrected chi connectivity index (χ1v) is 6.47. The minimum absolute atomic E-state index is 0.0981. The third-order valence-corrected chi connectivity index (χ3v) is 2.97. The number of carbonyl (C=O) groups excluding carboxylic acids is 1. The van der Waals surface area contributed by atoms with Crippen molar-refractivity contribution >= 4 is 6.03 Å². The second kappa shape index (κ2) is 6.77. The Morgan fingerprint density at radius 1 is 1.25 bits per heavy atom. The number of carbonyl (C=O) groups is 1. The van der Waals surface area contributed by atoms with Crippen molar-refractivity contribution in [1.82, 2.24) is 10.6 Å². The Balaban J connectivity index is 1.78. The molecule has 1 heterocycles. The number of rotatable bonds is 5. The van der Waals surface area contributed by atoms with E-state index < -0.39 is 6.10 Å². The number of hydrogen-bond donors (Lipinski definition) is 3. The summed E-state index contributed by atoms with van der Waals surface area (Å²) in [6.45, 7) is 2.00. The van der Waals surface area contributed by atoms with E-state index in [9.17, 15) is 9.90 Å². The Morgan fingerprint density at radius 2 is 2.00 bits per heavy atom. The second-order valence-corrected chi connectivity index (χ2v) is 4.52. The highest BCUT2D eigenvalue weighted by molar-refractivity contribution is 5.74. The molecule has 2 unspecified atom stereocenters. The lowest BCUT2D eigenvalue weighted by molar-refractivity contribution is 0.147. The normalized spacial score (nSPS) is 13.5. The van der Waals surface area contributed by atoms with Gasteiger partial charge in [0.1, 0.15) is 11.9 Å². The molecule has 0 spiro atoms. The lowest BCUT2D eigenvalue weighted by Gasteiger charge is -2.16. The number of nitrogens with one attached hydrogen (secondary N) is 2. The number of amides is 2. The maximum absolute atomic E-state index is 11.7. The summed E-state index contributed by atoms with van der Waals surface area (Å²) in [7, 11) is 0. The van der Waals surface area contributed by atoms with Crippen LogP contribution in [0.3, 0.4) is 0 Å². The molecule has 0 aliphatic rings. The van der Waals surface area contributed by atoms with E-state index in [4.69, 9.17) is 4.42 Å². The smallest absolute Gasteiger partial charge is 0.315 e. The van der Waals surface area contributed by atoms with Gasteiger partial charge in [0.05, 0.1) is 18.8 Å². The quantitative estimate of drug-likeness (QED) is 0.783. The van der Waals surface area contributed by atoms with Crippen LogP contribution in [0.2, 0.25) is 0 Å². The highest BCUT2D eigenvalue weighted by Gasteiger charge is 2.13. The average Bonchev–Trinajstić information content (AvgIpc) is 3.00. The zero-order valence-corrected chi connectivity index (χ0v) is 11.2. The number of benzene rings is 1. The SMILES string of the molecule is CC(NC(=O)NCC(O)c1ccco1)c1ccccc1. The summed E-state index contributed by atoms with van der Waals surface area (Å²) >= 11 is 0. The molecule has 0 radical (unpaired) electrons. The van der Waals surface area contributed by atoms with Gasteiger partial charge in [0.2, 0.25) is 0 Å². The standard InChI is InChI=1S/C15H18N2O3/c1-11(12-6-3-2-4-7-12)17-15(19)16-10-13(18)14-8-5-9-20-14/h2-9,11,13,18H,10H2,1H3,(H2,16,17,19). The summed E-state index contributed by atoms with van der Waals surface area (Å²) < 4.78 is 5.06. The Morgan fingerprint density at radius 3 is 2.65 bits per heavy atom. The minimum Gasteiger partial charge on any atom is -0.467 e. The molecule has 20 heavy (non-hydrogen) atoms. The van der Waals surface area contributed by atoms with Gasteiger partial charge >= 0.3 is 6.03 Å². The maximum Gasteiger partial charge on any atom is 0.315 e. The van der Waals surface area contributed by atoms with E-state index in [1.165, 1.54) is 6.26 Å². The number of aliphatic hydroxyl groups excluding tert-OH is 1. The maximum atomic E-state index is 11.7. The Kier molecular flexibility index (Phi) is 4.79. The van der Waals surface area contributed by atoms with E-state index in [0.29, 0.717) is 5.76 Å². The zero-order chi connectivity index (χ0) is 14.4. The van der Waals surface area contributed by atoms with Crippen molar-refractivity contribution in [1.29, 1.82) is 0 Å². The van der Waals surface area contributed by atoms with Gasteiger partial charge < -0.3 is 20.2 Å². The number of urea groups is 1. The van der Waals surface area contributed by atoms with Crippen molar-refractivity contribution in [3.8, 4) is 0 Å². The molecule has 0 aliphatic heterocycles. The van der Waals surface area contributed by atoms with Crippen molar-refractivity contribution < 1.29 is 14.3 Å². The number of furan rings is 1. The van der Waals surface area contributed by atoms with Crippen LogP contribution in [0.5, 0.6) is 0 Å². The van der Waals surface area contributed by atoms with Crippen LogP contribution in [0, 0.1) is 0 Å². The topological polar surface area (TPSA) is 74.5 Å². The molecule has 5 heteroatoms. The van der Waals surface area contributed by atoms with Crippen LogP contribution in [-0.4, -0.2) is 17.7 Å². The Bertz CT molecular complexity index is 525. The van der Waals surface area contributed by atoms with E-state index in [-0.39, 0.29) is 18.6 Å². The molecule has 1 aromatic heterocycles. The molecule has 0 saturated carbocycles. The van der Waals surface area contributed by atoms with E-state index in [0.717, 1.165) is 5.56 Å². The largest absolute Gasteiger partial charge is 0.467 e. The second-order valence-electron chi connectivity index (χ2n) is 4.52. The number of hydrogen-bond acceptors (Lipinski definition) is 3. The molecule has 1 aromatic carbocycles. The summed E-state index contributed by atoms with van der Waals surface area (Å²) in [5, 5.41) is 15.2. The van der Waals surface area contributed by atoms with Gasteiger partial charge in [0.15, 0.2) is 0 Å². The van der Waals surface area contributed by atoms with Crippen LogP contribution in [0.1, 0.15) is 30.4 Å². The van der Waals surface area contributed by atoms with Crippen LogP contribution in [-0.2, 0) is 0 Å². The van der Waals surface area contributed by atoms with Gasteiger partial charge in [-0.2, -0.15) is 0 Å². The van der Waals surface area contributed by atoms with Crippen molar-refractivity contribution in [3.63, 3.8) is 0 Å². The molecule has 2 aromatic rings. The van der Waals surface area contributed by atoms with Crippen molar-refractivity contribution in [2.24, 2.45) is 0 Å². The van der Waals surface area contributed by atoms with Gasteiger partial charge in [0, 0.05) is 0 Å². The first-order valence-electron chi connectivity index (χ1n) is 6.47. The van der Waals surface area contributed by atoms with Gasteiger partial charge in [0.25, 0.3) is 0 Å². The highest BCUT2D eigenvalue weighted by Crippen LogP contribution is 2.12. The van der Waals surface area contributed by atoms with Crippen LogP contribution in [0.15, 0.2) is 53.1 Å².